The van der Waals surface area contributed by atoms with Gasteiger partial charge in [-0.1, -0.05) is 11.8 Å². The molecule has 0 aliphatic rings. The van der Waals surface area contributed by atoms with Crippen LogP contribution in [0.3, 0.4) is 0 Å². The minimum Gasteiger partial charge on any atom is -0.323 e. The standard InChI is InChI=1S/C13H10F3N3O2S/c1-6(22-13-17-5-4-9(20)19-13)12(21)18-8-3-2-7(14)10(15)11(8)16/h2-6H,1H3,(H,18,21)(H,17,19,20). The van der Waals surface area contributed by atoms with E-state index in [0.29, 0.717) is 6.07 Å². The lowest BCUT2D eigenvalue weighted by Crippen LogP contribution is -2.24. The number of carbonyl (C=O) groups is 1. The van der Waals surface area contributed by atoms with Crippen molar-refractivity contribution in [2.75, 3.05) is 5.32 Å². The summed E-state index contributed by atoms with van der Waals surface area (Å²) in [4.78, 5) is 29.3. The molecule has 5 nitrogen and oxygen atoms in total. The number of carbonyl (C=O) groups excluding carboxylic acids is 1. The Morgan fingerprint density at radius 1 is 1.27 bits per heavy atom. The normalized spacial score (nSPS) is 12.0. The van der Waals surface area contributed by atoms with Crippen LogP contribution in [0.15, 0.2) is 34.3 Å². The van der Waals surface area contributed by atoms with E-state index in [2.05, 4.69) is 15.3 Å². The third-order valence-electron chi connectivity index (χ3n) is 2.60. The van der Waals surface area contributed by atoms with Gasteiger partial charge in [-0.25, -0.2) is 18.2 Å². The second-order valence-corrected chi connectivity index (χ2v) is 5.54. The summed E-state index contributed by atoms with van der Waals surface area (Å²) in [7, 11) is 0. The monoisotopic (exact) mass is 329 g/mol. The first kappa shape index (κ1) is 16.1. The van der Waals surface area contributed by atoms with Crippen LogP contribution in [0, 0.1) is 17.5 Å². The molecule has 0 spiro atoms. The minimum absolute atomic E-state index is 0.209. The highest BCUT2D eigenvalue weighted by molar-refractivity contribution is 8.00. The van der Waals surface area contributed by atoms with Gasteiger partial charge in [0.05, 0.1) is 10.9 Å². The summed E-state index contributed by atoms with van der Waals surface area (Å²) >= 11 is 0.929. The van der Waals surface area contributed by atoms with Crippen molar-refractivity contribution in [1.29, 1.82) is 0 Å². The van der Waals surface area contributed by atoms with Gasteiger partial charge in [0, 0.05) is 12.3 Å². The lowest BCUT2D eigenvalue weighted by atomic mass is 10.2. The van der Waals surface area contributed by atoms with E-state index in [-0.39, 0.29) is 10.7 Å². The fourth-order valence-electron chi connectivity index (χ4n) is 1.49. The molecule has 1 aromatic heterocycles. The number of hydrogen-bond donors (Lipinski definition) is 2. The first-order chi connectivity index (χ1) is 10.4. The van der Waals surface area contributed by atoms with E-state index in [4.69, 9.17) is 0 Å². The second-order valence-electron chi connectivity index (χ2n) is 4.21. The molecule has 0 bridgehead atoms. The molecular formula is C13H10F3N3O2S. The molecule has 0 fully saturated rings. The van der Waals surface area contributed by atoms with Crippen LogP contribution >= 0.6 is 11.8 Å². The summed E-state index contributed by atoms with van der Waals surface area (Å²) in [5.41, 5.74) is -0.845. The van der Waals surface area contributed by atoms with Crippen molar-refractivity contribution in [2.24, 2.45) is 0 Å². The highest BCUT2D eigenvalue weighted by atomic mass is 32.2. The number of amides is 1. The molecule has 0 saturated carbocycles. The van der Waals surface area contributed by atoms with Gasteiger partial charge in [0.1, 0.15) is 0 Å². The Bertz CT molecular complexity index is 766. The van der Waals surface area contributed by atoms with Gasteiger partial charge >= 0.3 is 0 Å². The van der Waals surface area contributed by atoms with Gasteiger partial charge in [0.25, 0.3) is 5.56 Å². The van der Waals surface area contributed by atoms with E-state index in [1.807, 2.05) is 0 Å². The summed E-state index contributed by atoms with van der Waals surface area (Å²) in [6.07, 6.45) is 1.28. The maximum absolute atomic E-state index is 13.5. The summed E-state index contributed by atoms with van der Waals surface area (Å²) in [6.45, 7) is 1.49. The number of hydrogen-bond acceptors (Lipinski definition) is 4. The molecule has 1 amide bonds. The van der Waals surface area contributed by atoms with E-state index in [1.54, 1.807) is 0 Å². The number of rotatable bonds is 4. The molecule has 0 aliphatic heterocycles. The van der Waals surface area contributed by atoms with Gasteiger partial charge in [-0.2, -0.15) is 0 Å². The Morgan fingerprint density at radius 2 is 2.00 bits per heavy atom. The fourth-order valence-corrected chi connectivity index (χ4v) is 2.27. The van der Waals surface area contributed by atoms with Crippen molar-refractivity contribution >= 4 is 23.4 Å². The fraction of sp³-hybridized carbons (Fsp3) is 0.154. The molecule has 2 rings (SSSR count). The number of halogens is 3. The lowest BCUT2D eigenvalue weighted by molar-refractivity contribution is -0.115. The van der Waals surface area contributed by atoms with E-state index < -0.39 is 34.3 Å². The quantitative estimate of drug-likeness (QED) is 0.513. The van der Waals surface area contributed by atoms with Crippen LogP contribution in [0.4, 0.5) is 18.9 Å². The maximum Gasteiger partial charge on any atom is 0.251 e. The van der Waals surface area contributed by atoms with Crippen LogP contribution in [-0.2, 0) is 4.79 Å². The summed E-state index contributed by atoms with van der Waals surface area (Å²) in [5, 5.41) is 1.61. The number of nitrogens with zero attached hydrogens (tertiary/aromatic N) is 1. The van der Waals surface area contributed by atoms with Gasteiger partial charge in [0.2, 0.25) is 5.91 Å². The van der Waals surface area contributed by atoms with Crippen molar-refractivity contribution in [3.05, 3.63) is 52.2 Å². The van der Waals surface area contributed by atoms with Crippen LogP contribution < -0.4 is 10.9 Å². The molecule has 2 aromatic rings. The van der Waals surface area contributed by atoms with Gasteiger partial charge < -0.3 is 10.3 Å². The highest BCUT2D eigenvalue weighted by Gasteiger charge is 2.19. The predicted molar refractivity (Wildman–Crippen MR) is 75.1 cm³/mol. The van der Waals surface area contributed by atoms with Gasteiger partial charge in [-0.3, -0.25) is 9.59 Å². The molecule has 2 N–H and O–H groups in total. The van der Waals surface area contributed by atoms with Gasteiger partial charge in [-0.15, -0.1) is 0 Å². The van der Waals surface area contributed by atoms with Crippen LogP contribution in [0.5, 0.6) is 0 Å². The molecule has 116 valence electrons. The van der Waals surface area contributed by atoms with Crippen molar-refractivity contribution in [2.45, 2.75) is 17.3 Å². The van der Waals surface area contributed by atoms with E-state index in [1.165, 1.54) is 19.2 Å². The highest BCUT2D eigenvalue weighted by Crippen LogP contribution is 2.22. The number of anilines is 1. The maximum atomic E-state index is 13.5. The average molecular weight is 329 g/mol. The predicted octanol–water partition coefficient (Wildman–Crippen LogP) is 2.31. The minimum atomic E-state index is -1.66. The van der Waals surface area contributed by atoms with Crippen molar-refractivity contribution in [1.82, 2.24) is 9.97 Å². The van der Waals surface area contributed by atoms with Gasteiger partial charge in [0.15, 0.2) is 22.6 Å². The molecule has 1 atom stereocenters. The average Bonchev–Trinajstić information content (AvgIpc) is 2.47. The molecule has 1 aromatic carbocycles. The summed E-state index contributed by atoms with van der Waals surface area (Å²) in [6, 6.07) is 2.85. The molecule has 9 heteroatoms. The molecule has 1 unspecified atom stereocenters. The first-order valence-corrected chi connectivity index (χ1v) is 6.93. The molecule has 1 heterocycles. The van der Waals surface area contributed by atoms with E-state index >= 15 is 0 Å². The molecule has 22 heavy (non-hydrogen) atoms. The van der Waals surface area contributed by atoms with Crippen LogP contribution in [0.2, 0.25) is 0 Å². The van der Waals surface area contributed by atoms with E-state index in [9.17, 15) is 22.8 Å². The zero-order valence-corrected chi connectivity index (χ0v) is 12.0. The Labute approximate surface area is 127 Å². The topological polar surface area (TPSA) is 74.8 Å². The Balaban J connectivity index is 2.09. The molecular weight excluding hydrogens is 319 g/mol. The Morgan fingerprint density at radius 3 is 2.68 bits per heavy atom. The lowest BCUT2D eigenvalue weighted by Gasteiger charge is -2.12. The van der Waals surface area contributed by atoms with Crippen molar-refractivity contribution in [3.63, 3.8) is 0 Å². The summed E-state index contributed by atoms with van der Waals surface area (Å²) < 4.78 is 39.4. The molecule has 0 saturated heterocycles. The zero-order valence-electron chi connectivity index (χ0n) is 11.2. The number of aromatic amines is 1. The third kappa shape index (κ3) is 3.67. The SMILES string of the molecule is CC(Sc1nccc(=O)[nH]1)C(=O)Nc1ccc(F)c(F)c1F. The number of thioether (sulfide) groups is 1. The van der Waals surface area contributed by atoms with Crippen molar-refractivity contribution < 1.29 is 18.0 Å². The van der Waals surface area contributed by atoms with E-state index in [0.717, 1.165) is 17.8 Å². The van der Waals surface area contributed by atoms with Gasteiger partial charge in [-0.05, 0) is 19.1 Å². The largest absolute Gasteiger partial charge is 0.323 e. The van der Waals surface area contributed by atoms with Crippen LogP contribution in [0.25, 0.3) is 0 Å². The van der Waals surface area contributed by atoms with Crippen LogP contribution in [-0.4, -0.2) is 21.1 Å². The Hall–Kier alpha value is -2.29. The molecule has 0 aliphatic carbocycles. The second kappa shape index (κ2) is 6.65. The number of nitrogens with one attached hydrogen (secondary N) is 2. The Kier molecular flexibility index (Phi) is 4.86. The first-order valence-electron chi connectivity index (χ1n) is 6.05. The summed E-state index contributed by atoms with van der Waals surface area (Å²) in [5.74, 6) is -5.13. The number of benzene rings is 1. The smallest absolute Gasteiger partial charge is 0.251 e. The molecule has 0 radical (unpaired) electrons. The van der Waals surface area contributed by atoms with Crippen molar-refractivity contribution in [3.8, 4) is 0 Å². The van der Waals surface area contributed by atoms with Crippen LogP contribution in [0.1, 0.15) is 6.92 Å². The number of aromatic nitrogens is 2. The third-order valence-corrected chi connectivity index (χ3v) is 3.60. The zero-order chi connectivity index (χ0) is 16.3. The number of H-pyrrole nitrogens is 1.